The lowest BCUT2D eigenvalue weighted by atomic mass is 10.2. The fourth-order valence-electron chi connectivity index (χ4n) is 2.05. The summed E-state index contributed by atoms with van der Waals surface area (Å²) in [6.07, 6.45) is 3.35. The molecular weight excluding hydrogens is 317 g/mol. The monoisotopic (exact) mass is 331 g/mol. The molecule has 0 aliphatic heterocycles. The van der Waals surface area contributed by atoms with Crippen LogP contribution in [0.3, 0.4) is 0 Å². The lowest BCUT2D eigenvalue weighted by Crippen LogP contribution is -2.23. The van der Waals surface area contributed by atoms with E-state index < -0.39 is 11.7 Å². The quantitative estimate of drug-likeness (QED) is 0.762. The summed E-state index contributed by atoms with van der Waals surface area (Å²) in [5, 5.41) is 10.4. The third kappa shape index (κ3) is 3.24. The van der Waals surface area contributed by atoms with Crippen LogP contribution < -0.4 is 10.1 Å². The van der Waals surface area contributed by atoms with Gasteiger partial charge in [0, 0.05) is 18.8 Å². The number of methoxy groups -OCH3 is 1. The van der Waals surface area contributed by atoms with Gasteiger partial charge in [-0.05, 0) is 18.2 Å². The molecule has 0 spiro atoms. The third-order valence-corrected chi connectivity index (χ3v) is 3.25. The van der Waals surface area contributed by atoms with Gasteiger partial charge in [-0.1, -0.05) is 5.16 Å². The smallest absolute Gasteiger partial charge is 0.251 e. The first-order valence-corrected chi connectivity index (χ1v) is 7.00. The van der Waals surface area contributed by atoms with Gasteiger partial charge in [-0.15, -0.1) is 0 Å². The van der Waals surface area contributed by atoms with Gasteiger partial charge in [0.05, 0.1) is 25.4 Å². The molecule has 24 heavy (non-hydrogen) atoms. The predicted octanol–water partition coefficient (Wildman–Crippen LogP) is 1.55. The molecule has 1 N–H and O–H groups in total. The number of rotatable bonds is 5. The first-order chi connectivity index (χ1) is 11.6. The van der Waals surface area contributed by atoms with Gasteiger partial charge >= 0.3 is 0 Å². The zero-order valence-electron chi connectivity index (χ0n) is 13.0. The van der Waals surface area contributed by atoms with Crippen LogP contribution in [0.15, 0.2) is 35.1 Å². The average Bonchev–Trinajstić information content (AvgIpc) is 3.21. The van der Waals surface area contributed by atoms with Gasteiger partial charge in [0.2, 0.25) is 11.7 Å². The van der Waals surface area contributed by atoms with Crippen LogP contribution >= 0.6 is 0 Å². The predicted molar refractivity (Wildman–Crippen MR) is 80.6 cm³/mol. The van der Waals surface area contributed by atoms with Crippen LogP contribution in [0.2, 0.25) is 0 Å². The summed E-state index contributed by atoms with van der Waals surface area (Å²) in [5.74, 6) is -0.386. The van der Waals surface area contributed by atoms with Gasteiger partial charge in [-0.3, -0.25) is 9.48 Å². The van der Waals surface area contributed by atoms with Gasteiger partial charge in [-0.2, -0.15) is 10.1 Å². The molecule has 1 aromatic carbocycles. The minimum Gasteiger partial charge on any atom is -0.494 e. The van der Waals surface area contributed by atoms with Crippen molar-refractivity contribution in [2.45, 2.75) is 6.54 Å². The van der Waals surface area contributed by atoms with Crippen LogP contribution in [-0.2, 0) is 13.6 Å². The van der Waals surface area contributed by atoms with E-state index in [1.165, 1.54) is 19.2 Å². The summed E-state index contributed by atoms with van der Waals surface area (Å²) in [6.45, 7) is 0.0275. The number of amides is 1. The van der Waals surface area contributed by atoms with Crippen molar-refractivity contribution in [2.75, 3.05) is 7.11 Å². The Morgan fingerprint density at radius 3 is 2.96 bits per heavy atom. The maximum atomic E-state index is 13.6. The van der Waals surface area contributed by atoms with Crippen LogP contribution in [0, 0.1) is 5.82 Å². The first-order valence-electron chi connectivity index (χ1n) is 7.00. The van der Waals surface area contributed by atoms with E-state index in [1.54, 1.807) is 24.1 Å². The number of benzene rings is 1. The highest BCUT2D eigenvalue weighted by Gasteiger charge is 2.13. The molecule has 1 amide bonds. The number of carbonyl (C=O) groups is 1. The average molecular weight is 331 g/mol. The number of halogens is 1. The van der Waals surface area contributed by atoms with E-state index >= 15 is 0 Å². The molecule has 0 radical (unpaired) electrons. The molecule has 2 heterocycles. The van der Waals surface area contributed by atoms with Crippen molar-refractivity contribution in [2.24, 2.45) is 7.05 Å². The van der Waals surface area contributed by atoms with Crippen molar-refractivity contribution in [1.82, 2.24) is 25.2 Å². The van der Waals surface area contributed by atoms with Gasteiger partial charge in [0.25, 0.3) is 5.91 Å². The summed E-state index contributed by atoms with van der Waals surface area (Å²) >= 11 is 0. The van der Waals surface area contributed by atoms with Gasteiger partial charge < -0.3 is 14.6 Å². The number of aryl methyl sites for hydroxylation is 1. The number of ether oxygens (including phenoxy) is 1. The molecule has 0 aliphatic carbocycles. The summed E-state index contributed by atoms with van der Waals surface area (Å²) < 4.78 is 25.1. The second kappa shape index (κ2) is 6.49. The SMILES string of the molecule is COc1ccc(C(=O)NCc2nc(-c3cnn(C)c3)no2)cc1F. The first kappa shape index (κ1) is 15.7. The zero-order valence-corrected chi connectivity index (χ0v) is 13.0. The molecule has 0 atom stereocenters. The molecule has 3 rings (SSSR count). The van der Waals surface area contributed by atoms with E-state index in [-0.39, 0.29) is 23.7 Å². The van der Waals surface area contributed by atoms with Crippen LogP contribution in [0.5, 0.6) is 5.75 Å². The van der Waals surface area contributed by atoms with Crippen LogP contribution in [0.1, 0.15) is 16.2 Å². The molecule has 0 saturated heterocycles. The Hall–Kier alpha value is -3.23. The van der Waals surface area contributed by atoms with Crippen LogP contribution in [-0.4, -0.2) is 32.9 Å². The van der Waals surface area contributed by atoms with Crippen molar-refractivity contribution in [3.63, 3.8) is 0 Å². The molecule has 8 nitrogen and oxygen atoms in total. The molecule has 0 fully saturated rings. The second-order valence-corrected chi connectivity index (χ2v) is 4.95. The van der Waals surface area contributed by atoms with E-state index in [2.05, 4.69) is 20.6 Å². The number of carbonyl (C=O) groups excluding carboxylic acids is 1. The van der Waals surface area contributed by atoms with Crippen molar-refractivity contribution in [1.29, 1.82) is 0 Å². The molecule has 0 unspecified atom stereocenters. The Kier molecular flexibility index (Phi) is 4.23. The summed E-state index contributed by atoms with van der Waals surface area (Å²) in [7, 11) is 3.13. The molecule has 124 valence electrons. The van der Waals surface area contributed by atoms with E-state index in [1.807, 2.05) is 0 Å². The van der Waals surface area contributed by atoms with Crippen LogP contribution in [0.25, 0.3) is 11.4 Å². The number of hydrogen-bond donors (Lipinski definition) is 1. The Labute approximate surface area is 136 Å². The van der Waals surface area contributed by atoms with Crippen LogP contribution in [0.4, 0.5) is 4.39 Å². The topological polar surface area (TPSA) is 95.1 Å². The molecule has 0 aliphatic rings. The van der Waals surface area contributed by atoms with Crippen molar-refractivity contribution >= 4 is 5.91 Å². The molecule has 2 aromatic heterocycles. The van der Waals surface area contributed by atoms with Crippen molar-refractivity contribution < 1.29 is 18.4 Å². The van der Waals surface area contributed by atoms with Gasteiger partial charge in [-0.25, -0.2) is 4.39 Å². The minimum absolute atomic E-state index is 0.0275. The van der Waals surface area contributed by atoms with Gasteiger partial charge in [0.1, 0.15) is 0 Å². The highest BCUT2D eigenvalue weighted by atomic mass is 19.1. The van der Waals surface area contributed by atoms with E-state index in [0.29, 0.717) is 11.4 Å². The number of nitrogens with one attached hydrogen (secondary N) is 1. The molecular formula is C15H14FN5O3. The van der Waals surface area contributed by atoms with Crippen molar-refractivity contribution in [3.05, 3.63) is 47.9 Å². The maximum absolute atomic E-state index is 13.6. The standard InChI is InChI=1S/C15H14FN5O3/c1-21-8-10(6-18-21)14-19-13(24-20-14)7-17-15(22)9-3-4-12(23-2)11(16)5-9/h3-6,8H,7H2,1-2H3,(H,17,22). The maximum Gasteiger partial charge on any atom is 0.251 e. The molecule has 0 saturated carbocycles. The highest BCUT2D eigenvalue weighted by molar-refractivity contribution is 5.94. The molecule has 3 aromatic rings. The molecule has 9 heteroatoms. The summed E-state index contributed by atoms with van der Waals surface area (Å²) in [5.41, 5.74) is 0.872. The van der Waals surface area contributed by atoms with E-state index in [0.717, 1.165) is 6.07 Å². The number of aromatic nitrogens is 4. The molecule has 0 bridgehead atoms. The lowest BCUT2D eigenvalue weighted by molar-refractivity contribution is 0.0945. The highest BCUT2D eigenvalue weighted by Crippen LogP contribution is 2.18. The number of hydrogen-bond acceptors (Lipinski definition) is 6. The Morgan fingerprint density at radius 2 is 2.29 bits per heavy atom. The third-order valence-electron chi connectivity index (χ3n) is 3.25. The largest absolute Gasteiger partial charge is 0.494 e. The van der Waals surface area contributed by atoms with E-state index in [4.69, 9.17) is 9.26 Å². The summed E-state index contributed by atoms with van der Waals surface area (Å²) in [4.78, 5) is 16.2. The second-order valence-electron chi connectivity index (χ2n) is 4.95. The lowest BCUT2D eigenvalue weighted by Gasteiger charge is -2.05. The fraction of sp³-hybridized carbons (Fsp3) is 0.200. The summed E-state index contributed by atoms with van der Waals surface area (Å²) in [6, 6.07) is 3.95. The normalized spacial score (nSPS) is 10.6. The van der Waals surface area contributed by atoms with Crippen molar-refractivity contribution in [3.8, 4) is 17.1 Å². The Bertz CT molecular complexity index is 874. The Balaban J connectivity index is 1.64. The fourth-order valence-corrected chi connectivity index (χ4v) is 2.05. The number of nitrogens with zero attached hydrogens (tertiary/aromatic N) is 4. The zero-order chi connectivity index (χ0) is 17.1. The van der Waals surface area contributed by atoms with E-state index in [9.17, 15) is 9.18 Å². The Morgan fingerprint density at radius 1 is 1.46 bits per heavy atom. The van der Waals surface area contributed by atoms with Gasteiger partial charge in [0.15, 0.2) is 11.6 Å². The minimum atomic E-state index is -0.609.